The second kappa shape index (κ2) is 5.77. The van der Waals surface area contributed by atoms with Gasteiger partial charge in [0.1, 0.15) is 10.8 Å². The summed E-state index contributed by atoms with van der Waals surface area (Å²) in [5.41, 5.74) is 1.03. The molecule has 21 heavy (non-hydrogen) atoms. The largest absolute Gasteiger partial charge is 0.492 e. The van der Waals surface area contributed by atoms with Crippen LogP contribution in [0.4, 0.5) is 0 Å². The summed E-state index contributed by atoms with van der Waals surface area (Å²) in [6, 6.07) is 3.99. The second-order valence-corrected chi connectivity index (χ2v) is 8.33. The first-order valence-electron chi connectivity index (χ1n) is 7.67. The lowest BCUT2D eigenvalue weighted by Gasteiger charge is -2.13. The maximum atomic E-state index is 6.54. The number of nitrogens with zero attached hydrogens (tertiary/aromatic N) is 1. The van der Waals surface area contributed by atoms with Crippen molar-refractivity contribution >= 4 is 33.2 Å². The average molecular weight is 324 g/mol. The third kappa shape index (κ3) is 3.19. The molecule has 1 aromatic carbocycles. The summed E-state index contributed by atoms with van der Waals surface area (Å²) in [5, 5.41) is 1.84. The van der Waals surface area contributed by atoms with Crippen molar-refractivity contribution < 1.29 is 4.74 Å². The minimum absolute atomic E-state index is 0.0535. The molecule has 1 aliphatic carbocycles. The number of halogens is 1. The van der Waals surface area contributed by atoms with E-state index in [2.05, 4.69) is 20.8 Å². The molecule has 0 atom stereocenters. The van der Waals surface area contributed by atoms with E-state index < -0.39 is 0 Å². The predicted octanol–water partition coefficient (Wildman–Crippen LogP) is 5.82. The minimum Gasteiger partial charge on any atom is -0.492 e. The van der Waals surface area contributed by atoms with Gasteiger partial charge in [-0.3, -0.25) is 0 Å². The highest BCUT2D eigenvalue weighted by Crippen LogP contribution is 2.39. The standard InChI is InChI=1S/C17H22ClNOS/c1-17(2,3)16-19-12-8-9-13(14(18)15(12)21-16)20-10-11-6-4-5-7-11/h8-9,11H,4-7,10H2,1-3H3. The average Bonchev–Trinajstić information content (AvgIpc) is 3.06. The van der Waals surface area contributed by atoms with Gasteiger partial charge in [0.2, 0.25) is 0 Å². The van der Waals surface area contributed by atoms with Crippen molar-refractivity contribution in [1.82, 2.24) is 4.98 Å². The van der Waals surface area contributed by atoms with Crippen LogP contribution in [0.25, 0.3) is 10.2 Å². The molecule has 0 bridgehead atoms. The first-order chi connectivity index (χ1) is 9.95. The first-order valence-corrected chi connectivity index (χ1v) is 8.87. The summed E-state index contributed by atoms with van der Waals surface area (Å²) >= 11 is 8.22. The monoisotopic (exact) mass is 323 g/mol. The molecule has 0 saturated heterocycles. The van der Waals surface area contributed by atoms with Gasteiger partial charge in [-0.15, -0.1) is 11.3 Å². The Morgan fingerprint density at radius 2 is 2.00 bits per heavy atom. The smallest absolute Gasteiger partial charge is 0.139 e. The molecule has 1 heterocycles. The van der Waals surface area contributed by atoms with Crippen LogP contribution < -0.4 is 4.74 Å². The molecule has 3 rings (SSSR count). The van der Waals surface area contributed by atoms with Crippen LogP contribution in [0.2, 0.25) is 5.02 Å². The van der Waals surface area contributed by atoms with Crippen LogP contribution in [0, 0.1) is 5.92 Å². The lowest BCUT2D eigenvalue weighted by atomic mass is 9.98. The fourth-order valence-electron chi connectivity index (χ4n) is 2.76. The molecular weight excluding hydrogens is 302 g/mol. The Morgan fingerprint density at radius 1 is 1.29 bits per heavy atom. The van der Waals surface area contributed by atoms with Crippen molar-refractivity contribution in [1.29, 1.82) is 0 Å². The number of hydrogen-bond donors (Lipinski definition) is 0. The van der Waals surface area contributed by atoms with Gasteiger partial charge in [0.05, 0.1) is 21.8 Å². The van der Waals surface area contributed by atoms with Gasteiger partial charge in [-0.25, -0.2) is 4.98 Å². The van der Waals surface area contributed by atoms with E-state index in [1.54, 1.807) is 11.3 Å². The number of benzene rings is 1. The molecule has 1 saturated carbocycles. The van der Waals surface area contributed by atoms with Gasteiger partial charge in [0.15, 0.2) is 0 Å². The van der Waals surface area contributed by atoms with E-state index in [0.717, 1.165) is 32.6 Å². The molecule has 1 aliphatic rings. The SMILES string of the molecule is CC(C)(C)c1nc2ccc(OCC3CCCC3)c(Cl)c2s1. The number of fused-ring (bicyclic) bond motifs is 1. The Bertz CT molecular complexity index is 638. The van der Waals surface area contributed by atoms with E-state index in [0.29, 0.717) is 5.92 Å². The van der Waals surface area contributed by atoms with Gasteiger partial charge in [-0.2, -0.15) is 0 Å². The van der Waals surface area contributed by atoms with Crippen molar-refractivity contribution in [3.8, 4) is 5.75 Å². The zero-order valence-electron chi connectivity index (χ0n) is 12.9. The normalized spacial score (nSPS) is 16.8. The van der Waals surface area contributed by atoms with Crippen LogP contribution in [0.3, 0.4) is 0 Å². The van der Waals surface area contributed by atoms with Crippen LogP contribution in [0.15, 0.2) is 12.1 Å². The van der Waals surface area contributed by atoms with Gasteiger partial charge in [0.25, 0.3) is 0 Å². The van der Waals surface area contributed by atoms with Crippen LogP contribution in [0.5, 0.6) is 5.75 Å². The molecule has 0 radical (unpaired) electrons. The Morgan fingerprint density at radius 3 is 2.67 bits per heavy atom. The van der Waals surface area contributed by atoms with E-state index in [1.807, 2.05) is 12.1 Å². The summed E-state index contributed by atoms with van der Waals surface area (Å²) in [5.74, 6) is 1.50. The van der Waals surface area contributed by atoms with Crippen LogP contribution >= 0.6 is 22.9 Å². The first kappa shape index (κ1) is 15.1. The molecule has 0 spiro atoms. The lowest BCUT2D eigenvalue weighted by molar-refractivity contribution is 0.252. The summed E-state index contributed by atoms with van der Waals surface area (Å²) in [7, 11) is 0. The highest BCUT2D eigenvalue weighted by Gasteiger charge is 2.21. The highest BCUT2D eigenvalue weighted by molar-refractivity contribution is 7.19. The van der Waals surface area contributed by atoms with Crippen LogP contribution in [0.1, 0.15) is 51.5 Å². The van der Waals surface area contributed by atoms with E-state index in [-0.39, 0.29) is 5.41 Å². The lowest BCUT2D eigenvalue weighted by Crippen LogP contribution is -2.09. The fraction of sp³-hybridized carbons (Fsp3) is 0.588. The third-order valence-corrected chi connectivity index (χ3v) is 6.05. The zero-order valence-corrected chi connectivity index (χ0v) is 14.5. The number of hydrogen-bond acceptors (Lipinski definition) is 3. The molecule has 0 unspecified atom stereocenters. The molecule has 0 amide bonds. The Balaban J connectivity index is 1.85. The maximum absolute atomic E-state index is 6.54. The fourth-order valence-corrected chi connectivity index (χ4v) is 4.14. The summed E-state index contributed by atoms with van der Waals surface area (Å²) in [6.45, 7) is 7.32. The minimum atomic E-state index is 0.0535. The maximum Gasteiger partial charge on any atom is 0.139 e. The van der Waals surface area contributed by atoms with Crippen molar-refractivity contribution in [3.05, 3.63) is 22.2 Å². The Kier molecular flexibility index (Phi) is 4.15. The molecule has 2 aromatic rings. The zero-order chi connectivity index (χ0) is 15.0. The van der Waals surface area contributed by atoms with E-state index in [4.69, 9.17) is 21.3 Å². The molecule has 0 aliphatic heterocycles. The van der Waals surface area contributed by atoms with E-state index >= 15 is 0 Å². The van der Waals surface area contributed by atoms with E-state index in [1.165, 1.54) is 25.7 Å². The van der Waals surface area contributed by atoms with Gasteiger partial charge in [-0.05, 0) is 30.9 Å². The molecule has 1 fully saturated rings. The van der Waals surface area contributed by atoms with E-state index in [9.17, 15) is 0 Å². The van der Waals surface area contributed by atoms with Crippen LogP contribution in [-0.2, 0) is 5.41 Å². The van der Waals surface area contributed by atoms with Crippen molar-refractivity contribution in [2.75, 3.05) is 6.61 Å². The second-order valence-electron chi connectivity index (χ2n) is 6.96. The quantitative estimate of drug-likeness (QED) is 0.710. The van der Waals surface area contributed by atoms with Gasteiger partial charge in [-0.1, -0.05) is 45.2 Å². The molecule has 114 valence electrons. The van der Waals surface area contributed by atoms with Gasteiger partial charge < -0.3 is 4.74 Å². The molecule has 4 heteroatoms. The highest BCUT2D eigenvalue weighted by atomic mass is 35.5. The predicted molar refractivity (Wildman–Crippen MR) is 90.8 cm³/mol. The summed E-state index contributed by atoms with van der Waals surface area (Å²) in [6.07, 6.45) is 5.25. The van der Waals surface area contributed by atoms with Gasteiger partial charge in [0, 0.05) is 5.41 Å². The van der Waals surface area contributed by atoms with Crippen molar-refractivity contribution in [2.45, 2.75) is 51.9 Å². The third-order valence-electron chi connectivity index (χ3n) is 4.05. The number of aromatic nitrogens is 1. The van der Waals surface area contributed by atoms with Crippen LogP contribution in [-0.4, -0.2) is 11.6 Å². The van der Waals surface area contributed by atoms with Gasteiger partial charge >= 0.3 is 0 Å². The van der Waals surface area contributed by atoms with Crippen molar-refractivity contribution in [3.63, 3.8) is 0 Å². The molecule has 2 nitrogen and oxygen atoms in total. The molecular formula is C17H22ClNOS. The number of thiazole rings is 1. The topological polar surface area (TPSA) is 22.1 Å². The molecule has 0 N–H and O–H groups in total. The summed E-state index contributed by atoms with van der Waals surface area (Å²) < 4.78 is 7.02. The number of rotatable bonds is 3. The number of ether oxygens (including phenoxy) is 1. The summed E-state index contributed by atoms with van der Waals surface area (Å²) in [4.78, 5) is 4.70. The Hall–Kier alpha value is -0.800. The molecule has 1 aromatic heterocycles. The Labute approximate surface area is 135 Å². The van der Waals surface area contributed by atoms with Crippen molar-refractivity contribution in [2.24, 2.45) is 5.92 Å².